The SMILES string of the molecule is CNC(CN1CCCC1)c1cccc(OCc2ccccc2)c1. The number of hydrogen-bond acceptors (Lipinski definition) is 3. The molecule has 0 aliphatic carbocycles. The van der Waals surface area contributed by atoms with E-state index in [9.17, 15) is 0 Å². The summed E-state index contributed by atoms with van der Waals surface area (Å²) in [5, 5.41) is 3.45. The summed E-state index contributed by atoms with van der Waals surface area (Å²) >= 11 is 0. The molecule has 1 heterocycles. The Kier molecular flexibility index (Phi) is 5.67. The summed E-state index contributed by atoms with van der Waals surface area (Å²) in [6, 6.07) is 19.1. The van der Waals surface area contributed by atoms with Gasteiger partial charge in [0, 0.05) is 12.6 Å². The molecule has 1 aliphatic rings. The molecule has 0 aromatic heterocycles. The molecule has 3 rings (SSSR count). The van der Waals surface area contributed by atoms with E-state index in [1.807, 2.05) is 31.3 Å². The van der Waals surface area contributed by atoms with Crippen molar-refractivity contribution in [3.05, 3.63) is 65.7 Å². The zero-order valence-electron chi connectivity index (χ0n) is 13.9. The van der Waals surface area contributed by atoms with Gasteiger partial charge < -0.3 is 15.0 Å². The fourth-order valence-corrected chi connectivity index (χ4v) is 3.15. The highest BCUT2D eigenvalue weighted by atomic mass is 16.5. The van der Waals surface area contributed by atoms with Crippen LogP contribution in [0.15, 0.2) is 54.6 Å². The standard InChI is InChI=1S/C20H26N2O/c1-21-20(15-22-12-5-6-13-22)18-10-7-11-19(14-18)23-16-17-8-3-2-4-9-17/h2-4,7-11,14,20-21H,5-6,12-13,15-16H2,1H3. The number of nitrogens with zero attached hydrogens (tertiary/aromatic N) is 1. The topological polar surface area (TPSA) is 24.5 Å². The molecule has 1 saturated heterocycles. The molecule has 0 radical (unpaired) electrons. The smallest absolute Gasteiger partial charge is 0.120 e. The third kappa shape index (κ3) is 4.57. The summed E-state index contributed by atoms with van der Waals surface area (Å²) in [7, 11) is 2.04. The second kappa shape index (κ2) is 8.14. The average molecular weight is 310 g/mol. The van der Waals surface area contributed by atoms with E-state index >= 15 is 0 Å². The molecule has 23 heavy (non-hydrogen) atoms. The Morgan fingerprint density at radius 1 is 1.04 bits per heavy atom. The van der Waals surface area contributed by atoms with Gasteiger partial charge in [0.1, 0.15) is 12.4 Å². The second-order valence-corrected chi connectivity index (χ2v) is 6.20. The van der Waals surface area contributed by atoms with Crippen LogP contribution in [0.4, 0.5) is 0 Å². The first-order valence-electron chi connectivity index (χ1n) is 8.51. The highest BCUT2D eigenvalue weighted by Crippen LogP contribution is 2.22. The third-order valence-electron chi connectivity index (χ3n) is 4.50. The summed E-state index contributed by atoms with van der Waals surface area (Å²) in [6.07, 6.45) is 2.66. The Bertz CT molecular complexity index is 594. The van der Waals surface area contributed by atoms with E-state index in [0.717, 1.165) is 12.3 Å². The largest absolute Gasteiger partial charge is 0.489 e. The molecule has 0 saturated carbocycles. The van der Waals surface area contributed by atoms with Crippen LogP contribution < -0.4 is 10.1 Å². The van der Waals surface area contributed by atoms with Crippen molar-refractivity contribution in [2.45, 2.75) is 25.5 Å². The van der Waals surface area contributed by atoms with Crippen LogP contribution in [0.5, 0.6) is 5.75 Å². The first kappa shape index (κ1) is 16.0. The first-order valence-corrected chi connectivity index (χ1v) is 8.51. The summed E-state index contributed by atoms with van der Waals surface area (Å²) in [6.45, 7) is 4.13. The molecule has 122 valence electrons. The average Bonchev–Trinajstić information content (AvgIpc) is 3.12. The molecule has 2 aromatic carbocycles. The summed E-state index contributed by atoms with van der Waals surface area (Å²) in [5.74, 6) is 0.938. The Hall–Kier alpha value is -1.84. The van der Waals surface area contributed by atoms with E-state index in [0.29, 0.717) is 12.6 Å². The Morgan fingerprint density at radius 3 is 2.57 bits per heavy atom. The molecule has 0 bridgehead atoms. The van der Waals surface area contributed by atoms with Gasteiger partial charge in [-0.1, -0.05) is 42.5 Å². The van der Waals surface area contributed by atoms with E-state index in [1.54, 1.807) is 0 Å². The number of likely N-dealkylation sites (tertiary alicyclic amines) is 1. The third-order valence-corrected chi connectivity index (χ3v) is 4.50. The quantitative estimate of drug-likeness (QED) is 0.845. The van der Waals surface area contributed by atoms with E-state index < -0.39 is 0 Å². The van der Waals surface area contributed by atoms with Gasteiger partial charge >= 0.3 is 0 Å². The van der Waals surface area contributed by atoms with E-state index in [1.165, 1.54) is 37.1 Å². The number of nitrogens with one attached hydrogen (secondary N) is 1. The molecule has 3 nitrogen and oxygen atoms in total. The van der Waals surface area contributed by atoms with E-state index in [-0.39, 0.29) is 0 Å². The molecule has 0 spiro atoms. The van der Waals surface area contributed by atoms with Crippen LogP contribution in [0.2, 0.25) is 0 Å². The van der Waals surface area contributed by atoms with Gasteiger partial charge in [-0.3, -0.25) is 0 Å². The Morgan fingerprint density at radius 2 is 1.83 bits per heavy atom. The highest BCUT2D eigenvalue weighted by Gasteiger charge is 2.18. The minimum atomic E-state index is 0.355. The molecule has 1 aliphatic heterocycles. The van der Waals surface area contributed by atoms with Gasteiger partial charge in [0.25, 0.3) is 0 Å². The maximum absolute atomic E-state index is 5.96. The molecular formula is C20H26N2O. The first-order chi connectivity index (χ1) is 11.3. The van der Waals surface area contributed by atoms with Crippen molar-refractivity contribution in [3.8, 4) is 5.75 Å². The van der Waals surface area contributed by atoms with Crippen LogP contribution in [0.3, 0.4) is 0 Å². The lowest BCUT2D eigenvalue weighted by atomic mass is 10.1. The summed E-state index contributed by atoms with van der Waals surface area (Å²) < 4.78 is 5.96. The van der Waals surface area contributed by atoms with E-state index in [2.05, 4.69) is 40.5 Å². The van der Waals surface area contributed by atoms with Crippen molar-refractivity contribution in [1.82, 2.24) is 10.2 Å². The number of rotatable bonds is 7. The minimum absolute atomic E-state index is 0.355. The molecule has 1 atom stereocenters. The van der Waals surface area contributed by atoms with Crippen molar-refractivity contribution >= 4 is 0 Å². The van der Waals surface area contributed by atoms with Crippen molar-refractivity contribution < 1.29 is 4.74 Å². The van der Waals surface area contributed by atoms with Gasteiger partial charge in [0.2, 0.25) is 0 Å². The zero-order valence-corrected chi connectivity index (χ0v) is 13.9. The lowest BCUT2D eigenvalue weighted by Crippen LogP contribution is -2.31. The Labute approximate surface area is 139 Å². The van der Waals surface area contributed by atoms with Crippen LogP contribution in [0.25, 0.3) is 0 Å². The normalized spacial score (nSPS) is 16.4. The predicted octanol–water partition coefficient (Wildman–Crippen LogP) is 3.62. The van der Waals surface area contributed by atoms with Crippen molar-refractivity contribution in [3.63, 3.8) is 0 Å². The van der Waals surface area contributed by atoms with Crippen LogP contribution in [0.1, 0.15) is 30.0 Å². The van der Waals surface area contributed by atoms with Crippen LogP contribution >= 0.6 is 0 Å². The molecule has 3 heteroatoms. The van der Waals surface area contributed by atoms with Gasteiger partial charge in [-0.15, -0.1) is 0 Å². The van der Waals surface area contributed by atoms with Crippen LogP contribution in [0, 0.1) is 0 Å². The fourth-order valence-electron chi connectivity index (χ4n) is 3.15. The second-order valence-electron chi connectivity index (χ2n) is 6.20. The molecule has 2 aromatic rings. The fraction of sp³-hybridized carbons (Fsp3) is 0.400. The monoisotopic (exact) mass is 310 g/mol. The number of likely N-dealkylation sites (N-methyl/N-ethyl adjacent to an activating group) is 1. The summed E-state index contributed by atoms with van der Waals surface area (Å²) in [5.41, 5.74) is 2.49. The minimum Gasteiger partial charge on any atom is -0.489 e. The van der Waals surface area contributed by atoms with Gasteiger partial charge in [0.15, 0.2) is 0 Å². The zero-order chi connectivity index (χ0) is 15.9. The number of hydrogen-bond donors (Lipinski definition) is 1. The van der Waals surface area contributed by atoms with E-state index in [4.69, 9.17) is 4.74 Å². The number of benzene rings is 2. The maximum atomic E-state index is 5.96. The van der Waals surface area contributed by atoms with Gasteiger partial charge in [-0.05, 0) is 56.2 Å². The molecular weight excluding hydrogens is 284 g/mol. The lowest BCUT2D eigenvalue weighted by Gasteiger charge is -2.23. The molecule has 1 unspecified atom stereocenters. The van der Waals surface area contributed by atoms with Gasteiger partial charge in [-0.2, -0.15) is 0 Å². The maximum Gasteiger partial charge on any atom is 0.120 e. The van der Waals surface area contributed by atoms with Gasteiger partial charge in [-0.25, -0.2) is 0 Å². The van der Waals surface area contributed by atoms with Crippen LogP contribution in [-0.4, -0.2) is 31.6 Å². The summed E-state index contributed by atoms with van der Waals surface area (Å²) in [4.78, 5) is 2.54. The number of ether oxygens (including phenoxy) is 1. The van der Waals surface area contributed by atoms with Crippen molar-refractivity contribution in [2.24, 2.45) is 0 Å². The highest BCUT2D eigenvalue weighted by molar-refractivity contribution is 5.31. The van der Waals surface area contributed by atoms with Crippen molar-refractivity contribution in [1.29, 1.82) is 0 Å². The molecule has 0 amide bonds. The Balaban J connectivity index is 1.63. The predicted molar refractivity (Wildman–Crippen MR) is 94.7 cm³/mol. The molecule has 1 N–H and O–H groups in total. The lowest BCUT2D eigenvalue weighted by molar-refractivity contribution is 0.294. The van der Waals surface area contributed by atoms with Gasteiger partial charge in [0.05, 0.1) is 0 Å². The van der Waals surface area contributed by atoms with Crippen LogP contribution in [-0.2, 0) is 6.61 Å². The molecule has 1 fully saturated rings. The van der Waals surface area contributed by atoms with Crippen molar-refractivity contribution in [2.75, 3.05) is 26.7 Å².